The second-order valence-electron chi connectivity index (χ2n) is 5.41. The molecule has 1 amide bonds. The second-order valence-corrected chi connectivity index (χ2v) is 5.41. The number of hydrogen-bond acceptors (Lipinski definition) is 3. The van der Waals surface area contributed by atoms with Gasteiger partial charge < -0.3 is 15.8 Å². The number of hydrogen-bond donors (Lipinski definition) is 2. The fourth-order valence-corrected chi connectivity index (χ4v) is 2.20. The average Bonchev–Trinajstić information content (AvgIpc) is 2.53. The highest BCUT2D eigenvalue weighted by atomic mass is 16.5. The van der Waals surface area contributed by atoms with E-state index in [2.05, 4.69) is 5.32 Å². The number of methoxy groups -OCH3 is 1. The number of aryl methyl sites for hydroxylation is 2. The molecule has 2 rings (SSSR count). The third-order valence-electron chi connectivity index (χ3n) is 3.66. The molecule has 2 aromatic carbocycles. The van der Waals surface area contributed by atoms with Gasteiger partial charge in [0.15, 0.2) is 0 Å². The Kier molecular flexibility index (Phi) is 5.17. The summed E-state index contributed by atoms with van der Waals surface area (Å²) >= 11 is 0. The summed E-state index contributed by atoms with van der Waals surface area (Å²) < 4.78 is 5.28. The van der Waals surface area contributed by atoms with Gasteiger partial charge in [-0.2, -0.15) is 0 Å². The van der Waals surface area contributed by atoms with Crippen LogP contribution in [-0.4, -0.2) is 13.0 Å². The molecule has 1 atom stereocenters. The normalized spacial score (nSPS) is 11.8. The van der Waals surface area contributed by atoms with Crippen molar-refractivity contribution in [3.05, 3.63) is 64.7 Å². The van der Waals surface area contributed by atoms with E-state index in [4.69, 9.17) is 10.5 Å². The second kappa shape index (κ2) is 7.09. The standard InChI is InChI=1S/C18H22N2O2/c1-12-4-8-15(9-5-12)17(19)18(21)20-11-14-7-6-13(2)16(10-14)22-3/h4-10,17H,11,19H2,1-3H3,(H,20,21). The van der Waals surface area contributed by atoms with Crippen molar-refractivity contribution in [1.82, 2.24) is 5.32 Å². The Morgan fingerprint density at radius 2 is 1.86 bits per heavy atom. The molecular formula is C18H22N2O2. The van der Waals surface area contributed by atoms with Crippen LogP contribution in [0.1, 0.15) is 28.3 Å². The summed E-state index contributed by atoms with van der Waals surface area (Å²) in [5, 5.41) is 2.86. The van der Waals surface area contributed by atoms with E-state index in [-0.39, 0.29) is 5.91 Å². The third-order valence-corrected chi connectivity index (χ3v) is 3.66. The topological polar surface area (TPSA) is 64.3 Å². The first kappa shape index (κ1) is 16.0. The molecule has 116 valence electrons. The highest BCUT2D eigenvalue weighted by Crippen LogP contribution is 2.19. The number of amides is 1. The number of nitrogens with two attached hydrogens (primary N) is 1. The van der Waals surface area contributed by atoms with Crippen LogP contribution >= 0.6 is 0 Å². The van der Waals surface area contributed by atoms with Gasteiger partial charge in [0.25, 0.3) is 0 Å². The maximum Gasteiger partial charge on any atom is 0.241 e. The van der Waals surface area contributed by atoms with Gasteiger partial charge in [-0.1, -0.05) is 42.0 Å². The first-order valence-corrected chi connectivity index (χ1v) is 7.24. The van der Waals surface area contributed by atoms with Gasteiger partial charge in [0.2, 0.25) is 5.91 Å². The van der Waals surface area contributed by atoms with Crippen LogP contribution in [0.5, 0.6) is 5.75 Å². The van der Waals surface area contributed by atoms with Crippen molar-refractivity contribution in [1.29, 1.82) is 0 Å². The van der Waals surface area contributed by atoms with Gasteiger partial charge in [-0.25, -0.2) is 0 Å². The highest BCUT2D eigenvalue weighted by molar-refractivity contribution is 5.82. The lowest BCUT2D eigenvalue weighted by atomic mass is 10.1. The first-order valence-electron chi connectivity index (χ1n) is 7.24. The minimum absolute atomic E-state index is 0.191. The van der Waals surface area contributed by atoms with Crippen LogP contribution in [0.2, 0.25) is 0 Å². The van der Waals surface area contributed by atoms with Gasteiger partial charge >= 0.3 is 0 Å². The van der Waals surface area contributed by atoms with E-state index in [1.807, 2.05) is 56.3 Å². The maximum atomic E-state index is 12.2. The molecule has 0 saturated carbocycles. The molecule has 1 unspecified atom stereocenters. The van der Waals surface area contributed by atoms with Crippen molar-refractivity contribution >= 4 is 5.91 Å². The number of ether oxygens (including phenoxy) is 1. The monoisotopic (exact) mass is 298 g/mol. The Labute approximate surface area is 131 Å². The van der Waals surface area contributed by atoms with Gasteiger partial charge in [-0.15, -0.1) is 0 Å². The maximum absolute atomic E-state index is 12.2. The molecule has 0 heterocycles. The number of rotatable bonds is 5. The summed E-state index contributed by atoms with van der Waals surface area (Å²) in [6, 6.07) is 12.9. The Balaban J connectivity index is 1.98. The van der Waals surface area contributed by atoms with Crippen LogP contribution in [-0.2, 0) is 11.3 Å². The Bertz CT molecular complexity index is 651. The van der Waals surface area contributed by atoms with Gasteiger partial charge in [0.1, 0.15) is 11.8 Å². The quantitative estimate of drug-likeness (QED) is 0.892. The van der Waals surface area contributed by atoms with E-state index in [0.29, 0.717) is 6.54 Å². The Hall–Kier alpha value is -2.33. The molecule has 4 nitrogen and oxygen atoms in total. The van der Waals surface area contributed by atoms with Gasteiger partial charge in [-0.3, -0.25) is 4.79 Å². The SMILES string of the molecule is COc1cc(CNC(=O)C(N)c2ccc(C)cc2)ccc1C. The molecule has 4 heteroatoms. The zero-order chi connectivity index (χ0) is 16.1. The minimum atomic E-state index is -0.659. The predicted octanol–water partition coefficient (Wildman–Crippen LogP) is 2.63. The third kappa shape index (κ3) is 3.86. The van der Waals surface area contributed by atoms with Crippen molar-refractivity contribution in [2.75, 3.05) is 7.11 Å². The summed E-state index contributed by atoms with van der Waals surface area (Å²) in [7, 11) is 1.64. The highest BCUT2D eigenvalue weighted by Gasteiger charge is 2.15. The van der Waals surface area contributed by atoms with Gasteiger partial charge in [0, 0.05) is 6.54 Å². The van der Waals surface area contributed by atoms with Crippen molar-refractivity contribution in [2.24, 2.45) is 5.73 Å². The van der Waals surface area contributed by atoms with Crippen molar-refractivity contribution in [3.8, 4) is 5.75 Å². The lowest BCUT2D eigenvalue weighted by Gasteiger charge is -2.14. The predicted molar refractivity (Wildman–Crippen MR) is 87.7 cm³/mol. The molecule has 0 aromatic heterocycles. The van der Waals surface area contributed by atoms with Crippen LogP contribution in [0, 0.1) is 13.8 Å². The molecule has 22 heavy (non-hydrogen) atoms. The van der Waals surface area contributed by atoms with E-state index in [1.165, 1.54) is 0 Å². The molecule has 0 aliphatic carbocycles. The van der Waals surface area contributed by atoms with Gasteiger partial charge in [-0.05, 0) is 36.6 Å². The molecular weight excluding hydrogens is 276 g/mol. The van der Waals surface area contributed by atoms with Crippen molar-refractivity contribution in [2.45, 2.75) is 26.4 Å². The Morgan fingerprint density at radius 3 is 2.50 bits per heavy atom. The van der Waals surface area contributed by atoms with E-state index in [0.717, 1.165) is 28.0 Å². The van der Waals surface area contributed by atoms with Crippen molar-refractivity contribution in [3.63, 3.8) is 0 Å². The lowest BCUT2D eigenvalue weighted by Crippen LogP contribution is -2.33. The number of carbonyl (C=O) groups is 1. The number of benzene rings is 2. The summed E-state index contributed by atoms with van der Waals surface area (Å²) in [6.07, 6.45) is 0. The van der Waals surface area contributed by atoms with Crippen molar-refractivity contribution < 1.29 is 9.53 Å². The fourth-order valence-electron chi connectivity index (χ4n) is 2.20. The van der Waals surface area contributed by atoms with Crippen LogP contribution in [0.15, 0.2) is 42.5 Å². The molecule has 0 aliphatic rings. The Morgan fingerprint density at radius 1 is 1.18 bits per heavy atom. The van der Waals surface area contributed by atoms with E-state index < -0.39 is 6.04 Å². The van der Waals surface area contributed by atoms with Crippen LogP contribution < -0.4 is 15.8 Å². The molecule has 0 radical (unpaired) electrons. The first-order chi connectivity index (χ1) is 10.5. The molecule has 0 bridgehead atoms. The smallest absolute Gasteiger partial charge is 0.241 e. The fraction of sp³-hybridized carbons (Fsp3) is 0.278. The molecule has 0 saturated heterocycles. The van der Waals surface area contributed by atoms with E-state index in [9.17, 15) is 4.79 Å². The molecule has 0 aliphatic heterocycles. The van der Waals surface area contributed by atoms with E-state index in [1.54, 1.807) is 7.11 Å². The van der Waals surface area contributed by atoms with Crippen LogP contribution in [0.3, 0.4) is 0 Å². The van der Waals surface area contributed by atoms with Crippen LogP contribution in [0.4, 0.5) is 0 Å². The number of nitrogens with one attached hydrogen (secondary N) is 1. The zero-order valence-electron chi connectivity index (χ0n) is 13.2. The summed E-state index contributed by atoms with van der Waals surface area (Å²) in [4.78, 5) is 12.2. The summed E-state index contributed by atoms with van der Waals surface area (Å²) in [5.74, 6) is 0.623. The molecule has 2 aromatic rings. The molecule has 0 spiro atoms. The molecule has 3 N–H and O–H groups in total. The van der Waals surface area contributed by atoms with Gasteiger partial charge in [0.05, 0.1) is 7.11 Å². The van der Waals surface area contributed by atoms with E-state index >= 15 is 0 Å². The minimum Gasteiger partial charge on any atom is -0.496 e. The zero-order valence-corrected chi connectivity index (χ0v) is 13.2. The summed E-state index contributed by atoms with van der Waals surface area (Å²) in [5.41, 5.74) is 9.99. The van der Waals surface area contributed by atoms with Crippen LogP contribution in [0.25, 0.3) is 0 Å². The average molecular weight is 298 g/mol. The largest absolute Gasteiger partial charge is 0.496 e. The summed E-state index contributed by atoms with van der Waals surface area (Å²) in [6.45, 7) is 4.41. The molecule has 0 fully saturated rings. The number of carbonyl (C=O) groups excluding carboxylic acids is 1. The lowest BCUT2D eigenvalue weighted by molar-refractivity contribution is -0.122.